The Bertz CT molecular complexity index is 602. The van der Waals surface area contributed by atoms with Crippen molar-refractivity contribution in [1.82, 2.24) is 0 Å². The molecule has 0 radical (unpaired) electrons. The van der Waals surface area contributed by atoms with Crippen LogP contribution in [0.2, 0.25) is 0 Å². The lowest BCUT2D eigenvalue weighted by molar-refractivity contribution is 0.342. The van der Waals surface area contributed by atoms with E-state index >= 15 is 0 Å². The molecule has 0 aliphatic carbocycles. The highest BCUT2D eigenvalue weighted by atomic mass is 79.9. The summed E-state index contributed by atoms with van der Waals surface area (Å²) in [5.41, 5.74) is 8.31. The number of anilines is 3. The Morgan fingerprint density at radius 3 is 2.65 bits per heavy atom. The molecular formula is C15H17BrN2O2. The molecule has 0 bridgehead atoms. The van der Waals surface area contributed by atoms with E-state index in [9.17, 15) is 0 Å². The topological polar surface area (TPSA) is 56.5 Å². The molecule has 106 valence electrons. The summed E-state index contributed by atoms with van der Waals surface area (Å²) in [6.07, 6.45) is 0. The number of ether oxygens (including phenoxy) is 2. The van der Waals surface area contributed by atoms with Gasteiger partial charge < -0.3 is 20.5 Å². The van der Waals surface area contributed by atoms with Gasteiger partial charge in [-0.15, -0.1) is 0 Å². The number of nitrogen functional groups attached to an aromatic ring is 1. The molecule has 5 heteroatoms. The second-order valence-electron chi connectivity index (χ2n) is 4.19. The molecule has 0 amide bonds. The Kier molecular flexibility index (Phi) is 4.74. The Balaban J connectivity index is 2.25. The Morgan fingerprint density at radius 2 is 1.95 bits per heavy atom. The molecule has 2 aromatic rings. The summed E-state index contributed by atoms with van der Waals surface area (Å²) in [6, 6.07) is 11.4. The van der Waals surface area contributed by atoms with Crippen LogP contribution in [0.3, 0.4) is 0 Å². The average Bonchev–Trinajstić information content (AvgIpc) is 2.42. The number of hydrogen-bond acceptors (Lipinski definition) is 4. The predicted octanol–water partition coefficient (Wildman–Crippen LogP) is 4.18. The van der Waals surface area contributed by atoms with E-state index in [1.54, 1.807) is 7.11 Å². The number of hydrogen-bond donors (Lipinski definition) is 2. The fourth-order valence-electron chi connectivity index (χ4n) is 1.81. The Hall–Kier alpha value is -1.88. The van der Waals surface area contributed by atoms with Crippen LogP contribution >= 0.6 is 15.9 Å². The van der Waals surface area contributed by atoms with Gasteiger partial charge in [-0.05, 0) is 31.2 Å². The van der Waals surface area contributed by atoms with Gasteiger partial charge in [0, 0.05) is 28.0 Å². The largest absolute Gasteiger partial charge is 0.497 e. The van der Waals surface area contributed by atoms with Crippen LogP contribution in [0, 0.1) is 0 Å². The first kappa shape index (κ1) is 14.5. The predicted molar refractivity (Wildman–Crippen MR) is 86.0 cm³/mol. The molecule has 0 fully saturated rings. The zero-order valence-electron chi connectivity index (χ0n) is 11.4. The van der Waals surface area contributed by atoms with Crippen molar-refractivity contribution in [3.63, 3.8) is 0 Å². The summed E-state index contributed by atoms with van der Waals surface area (Å²) in [5, 5.41) is 3.30. The third kappa shape index (κ3) is 3.57. The number of nitrogens with two attached hydrogens (primary N) is 1. The molecule has 0 aromatic heterocycles. The Labute approximate surface area is 127 Å². The van der Waals surface area contributed by atoms with E-state index in [1.807, 2.05) is 43.3 Å². The summed E-state index contributed by atoms with van der Waals surface area (Å²) < 4.78 is 11.7. The molecule has 2 aromatic carbocycles. The normalized spacial score (nSPS) is 10.2. The molecule has 2 rings (SSSR count). The standard InChI is InChI=1S/C15H17BrN2O2/c1-3-20-15-9-11(4-5-14(15)17)18-12-6-10(16)7-13(8-12)19-2/h4-9,18H,3,17H2,1-2H3. The Morgan fingerprint density at radius 1 is 1.15 bits per heavy atom. The summed E-state index contributed by atoms with van der Waals surface area (Å²) >= 11 is 3.45. The lowest BCUT2D eigenvalue weighted by Gasteiger charge is -2.12. The van der Waals surface area contributed by atoms with E-state index in [2.05, 4.69) is 21.2 Å². The second kappa shape index (κ2) is 6.52. The molecule has 0 aliphatic heterocycles. The van der Waals surface area contributed by atoms with Crippen molar-refractivity contribution >= 4 is 33.0 Å². The molecular weight excluding hydrogens is 320 g/mol. The molecule has 0 unspecified atom stereocenters. The van der Waals surface area contributed by atoms with Gasteiger partial charge in [0.1, 0.15) is 11.5 Å². The second-order valence-corrected chi connectivity index (χ2v) is 5.11. The molecule has 0 saturated heterocycles. The van der Waals surface area contributed by atoms with Gasteiger partial charge in [0.05, 0.1) is 19.4 Å². The number of methoxy groups -OCH3 is 1. The van der Waals surface area contributed by atoms with Crippen LogP contribution in [-0.2, 0) is 0 Å². The quantitative estimate of drug-likeness (QED) is 0.804. The van der Waals surface area contributed by atoms with Gasteiger partial charge in [-0.2, -0.15) is 0 Å². The van der Waals surface area contributed by atoms with Crippen LogP contribution < -0.4 is 20.5 Å². The molecule has 20 heavy (non-hydrogen) atoms. The van der Waals surface area contributed by atoms with Crippen molar-refractivity contribution in [2.45, 2.75) is 6.92 Å². The number of benzene rings is 2. The van der Waals surface area contributed by atoms with Crippen LogP contribution in [0.1, 0.15) is 6.92 Å². The van der Waals surface area contributed by atoms with Gasteiger partial charge in [-0.25, -0.2) is 0 Å². The molecule has 0 aliphatic rings. The van der Waals surface area contributed by atoms with Gasteiger partial charge >= 0.3 is 0 Å². The van der Waals surface area contributed by atoms with Crippen molar-refractivity contribution in [3.05, 3.63) is 40.9 Å². The minimum Gasteiger partial charge on any atom is -0.497 e. The van der Waals surface area contributed by atoms with E-state index in [4.69, 9.17) is 15.2 Å². The number of nitrogens with one attached hydrogen (secondary N) is 1. The number of rotatable bonds is 5. The van der Waals surface area contributed by atoms with Crippen molar-refractivity contribution in [2.24, 2.45) is 0 Å². The highest BCUT2D eigenvalue weighted by molar-refractivity contribution is 9.10. The highest BCUT2D eigenvalue weighted by Gasteiger charge is 2.04. The van der Waals surface area contributed by atoms with E-state index in [0.29, 0.717) is 18.0 Å². The number of halogens is 1. The van der Waals surface area contributed by atoms with Crippen molar-refractivity contribution < 1.29 is 9.47 Å². The summed E-state index contributed by atoms with van der Waals surface area (Å²) in [5.74, 6) is 1.46. The first-order valence-electron chi connectivity index (χ1n) is 6.26. The SMILES string of the molecule is CCOc1cc(Nc2cc(Br)cc(OC)c2)ccc1N. The van der Waals surface area contributed by atoms with Crippen LogP contribution in [0.5, 0.6) is 11.5 Å². The molecule has 4 nitrogen and oxygen atoms in total. The molecule has 0 spiro atoms. The van der Waals surface area contributed by atoms with Crippen molar-refractivity contribution in [3.8, 4) is 11.5 Å². The van der Waals surface area contributed by atoms with Crippen LogP contribution in [-0.4, -0.2) is 13.7 Å². The fraction of sp³-hybridized carbons (Fsp3) is 0.200. The minimum absolute atomic E-state index is 0.582. The van der Waals surface area contributed by atoms with E-state index in [-0.39, 0.29) is 0 Å². The van der Waals surface area contributed by atoms with Gasteiger partial charge in [0.2, 0.25) is 0 Å². The smallest absolute Gasteiger partial charge is 0.144 e. The maximum absolute atomic E-state index is 5.86. The van der Waals surface area contributed by atoms with Crippen LogP contribution in [0.4, 0.5) is 17.1 Å². The monoisotopic (exact) mass is 336 g/mol. The summed E-state index contributed by atoms with van der Waals surface area (Å²) in [6.45, 7) is 2.51. The molecule has 0 saturated carbocycles. The average molecular weight is 337 g/mol. The van der Waals surface area contributed by atoms with Gasteiger partial charge in [0.15, 0.2) is 0 Å². The van der Waals surface area contributed by atoms with Crippen molar-refractivity contribution in [1.29, 1.82) is 0 Å². The van der Waals surface area contributed by atoms with E-state index in [0.717, 1.165) is 21.6 Å². The summed E-state index contributed by atoms with van der Waals surface area (Å²) in [4.78, 5) is 0. The van der Waals surface area contributed by atoms with Crippen molar-refractivity contribution in [2.75, 3.05) is 24.8 Å². The molecule has 3 N–H and O–H groups in total. The minimum atomic E-state index is 0.582. The molecule has 0 atom stereocenters. The zero-order valence-corrected chi connectivity index (χ0v) is 13.0. The van der Waals surface area contributed by atoms with E-state index in [1.165, 1.54) is 0 Å². The van der Waals surface area contributed by atoms with Gasteiger partial charge in [0.25, 0.3) is 0 Å². The summed E-state index contributed by atoms with van der Waals surface area (Å²) in [7, 11) is 1.64. The zero-order chi connectivity index (χ0) is 14.5. The third-order valence-electron chi connectivity index (χ3n) is 2.71. The lowest BCUT2D eigenvalue weighted by atomic mass is 10.2. The first-order valence-corrected chi connectivity index (χ1v) is 7.05. The van der Waals surface area contributed by atoms with Crippen LogP contribution in [0.25, 0.3) is 0 Å². The lowest BCUT2D eigenvalue weighted by Crippen LogP contribution is -1.98. The first-order chi connectivity index (χ1) is 9.62. The fourth-order valence-corrected chi connectivity index (χ4v) is 2.28. The van der Waals surface area contributed by atoms with Crippen LogP contribution in [0.15, 0.2) is 40.9 Å². The molecule has 0 heterocycles. The van der Waals surface area contributed by atoms with E-state index < -0.39 is 0 Å². The third-order valence-corrected chi connectivity index (χ3v) is 3.17. The van der Waals surface area contributed by atoms with Gasteiger partial charge in [-0.3, -0.25) is 0 Å². The van der Waals surface area contributed by atoms with Gasteiger partial charge in [-0.1, -0.05) is 15.9 Å². The maximum Gasteiger partial charge on any atom is 0.144 e. The maximum atomic E-state index is 5.86. The highest BCUT2D eigenvalue weighted by Crippen LogP contribution is 2.30.